The summed E-state index contributed by atoms with van der Waals surface area (Å²) >= 11 is 7.56. The van der Waals surface area contributed by atoms with Crippen molar-refractivity contribution in [1.29, 1.82) is 0 Å². The van der Waals surface area contributed by atoms with Crippen LogP contribution in [0, 0.1) is 0 Å². The maximum atomic E-state index is 5.94. The van der Waals surface area contributed by atoms with E-state index in [9.17, 15) is 0 Å². The number of thiophene rings is 1. The molecule has 0 radical (unpaired) electrons. The number of halogens is 1. The van der Waals surface area contributed by atoms with E-state index < -0.39 is 0 Å². The molecule has 68 valence electrons. The van der Waals surface area contributed by atoms with Gasteiger partial charge in [0, 0.05) is 4.88 Å². The second-order valence-electron chi connectivity index (χ2n) is 2.79. The van der Waals surface area contributed by atoms with Gasteiger partial charge in [0.15, 0.2) is 0 Å². The van der Waals surface area contributed by atoms with Crippen molar-refractivity contribution in [3.8, 4) is 0 Å². The van der Waals surface area contributed by atoms with E-state index in [0.29, 0.717) is 0 Å². The van der Waals surface area contributed by atoms with E-state index in [0.717, 1.165) is 29.3 Å². The fourth-order valence-electron chi connectivity index (χ4n) is 1.30. The van der Waals surface area contributed by atoms with Gasteiger partial charge in [0.2, 0.25) is 0 Å². The summed E-state index contributed by atoms with van der Waals surface area (Å²) in [7, 11) is 0. The number of nitrogens with two attached hydrogens (primary N) is 1. The lowest BCUT2D eigenvalue weighted by Crippen LogP contribution is -1.92. The van der Waals surface area contributed by atoms with Crippen LogP contribution in [0.1, 0.15) is 30.7 Å². The monoisotopic (exact) mass is 203 g/mol. The number of anilines is 1. The highest BCUT2D eigenvalue weighted by atomic mass is 35.5. The van der Waals surface area contributed by atoms with Gasteiger partial charge in [-0.15, -0.1) is 11.3 Å². The molecule has 1 aromatic heterocycles. The summed E-state index contributed by atoms with van der Waals surface area (Å²) in [5, 5.41) is 0. The highest BCUT2D eigenvalue weighted by molar-refractivity contribution is 7.17. The number of hydrogen-bond donors (Lipinski definition) is 1. The molecule has 0 aliphatic carbocycles. The van der Waals surface area contributed by atoms with Crippen molar-refractivity contribution in [3.63, 3.8) is 0 Å². The molecule has 3 heteroatoms. The molecule has 0 saturated heterocycles. The highest BCUT2D eigenvalue weighted by Gasteiger charge is 2.11. The van der Waals surface area contributed by atoms with E-state index in [1.54, 1.807) is 11.3 Å². The van der Waals surface area contributed by atoms with Crippen molar-refractivity contribution in [2.75, 3.05) is 5.73 Å². The van der Waals surface area contributed by atoms with Gasteiger partial charge in [0.05, 0.1) is 5.69 Å². The first-order chi connectivity index (χ1) is 5.70. The highest BCUT2D eigenvalue weighted by Crippen LogP contribution is 2.36. The minimum Gasteiger partial charge on any atom is -0.397 e. The fraction of sp³-hybridized carbons (Fsp3) is 0.556. The van der Waals surface area contributed by atoms with Gasteiger partial charge < -0.3 is 5.73 Å². The molecule has 0 atom stereocenters. The maximum absolute atomic E-state index is 5.94. The van der Waals surface area contributed by atoms with Crippen LogP contribution < -0.4 is 5.73 Å². The van der Waals surface area contributed by atoms with Crippen LogP contribution in [0.15, 0.2) is 0 Å². The Morgan fingerprint density at radius 1 is 1.42 bits per heavy atom. The number of nitrogen functional groups attached to an aromatic ring is 1. The first-order valence-electron chi connectivity index (χ1n) is 4.26. The van der Waals surface area contributed by atoms with Crippen molar-refractivity contribution >= 4 is 28.6 Å². The largest absolute Gasteiger partial charge is 0.397 e. The summed E-state index contributed by atoms with van der Waals surface area (Å²) in [6.45, 7) is 4.30. The Morgan fingerprint density at radius 3 is 2.58 bits per heavy atom. The van der Waals surface area contributed by atoms with E-state index in [1.807, 2.05) is 0 Å². The zero-order valence-electron chi connectivity index (χ0n) is 7.48. The third-order valence-electron chi connectivity index (χ3n) is 1.91. The van der Waals surface area contributed by atoms with Crippen LogP contribution in [0.3, 0.4) is 0 Å². The Bertz CT molecular complexity index is 268. The van der Waals surface area contributed by atoms with E-state index >= 15 is 0 Å². The predicted octanol–water partition coefficient (Wildman–Crippen LogP) is 3.50. The normalized spacial score (nSPS) is 10.6. The van der Waals surface area contributed by atoms with Crippen molar-refractivity contribution in [3.05, 3.63) is 14.8 Å². The summed E-state index contributed by atoms with van der Waals surface area (Å²) in [6.07, 6.45) is 3.22. The van der Waals surface area contributed by atoms with Crippen LogP contribution >= 0.6 is 22.9 Å². The van der Waals surface area contributed by atoms with E-state index in [-0.39, 0.29) is 0 Å². The van der Waals surface area contributed by atoms with E-state index in [4.69, 9.17) is 17.3 Å². The topological polar surface area (TPSA) is 26.0 Å². The van der Waals surface area contributed by atoms with Crippen molar-refractivity contribution in [2.45, 2.75) is 33.1 Å². The Hall–Kier alpha value is -0.210. The molecule has 0 fully saturated rings. The number of hydrogen-bond acceptors (Lipinski definition) is 2. The van der Waals surface area contributed by atoms with Crippen LogP contribution in [0.25, 0.3) is 0 Å². The predicted molar refractivity (Wildman–Crippen MR) is 57.1 cm³/mol. The molecule has 1 rings (SSSR count). The molecular formula is C9H14ClNS. The van der Waals surface area contributed by atoms with E-state index in [2.05, 4.69) is 13.8 Å². The Labute approximate surface area is 82.5 Å². The Balaban J connectivity index is 3.03. The minimum atomic E-state index is 0.760. The SMILES string of the molecule is CCCc1c(CC)sc(Cl)c1N. The van der Waals surface area contributed by atoms with Gasteiger partial charge >= 0.3 is 0 Å². The maximum Gasteiger partial charge on any atom is 0.116 e. The van der Waals surface area contributed by atoms with Gasteiger partial charge in [-0.2, -0.15) is 0 Å². The molecule has 0 unspecified atom stereocenters. The zero-order chi connectivity index (χ0) is 9.14. The first kappa shape index (κ1) is 9.87. The Morgan fingerprint density at radius 2 is 2.08 bits per heavy atom. The molecule has 0 aliphatic rings. The average molecular weight is 204 g/mol. The van der Waals surface area contributed by atoms with Crippen molar-refractivity contribution < 1.29 is 0 Å². The summed E-state index contributed by atoms with van der Waals surface area (Å²) in [5.41, 5.74) is 7.92. The lowest BCUT2D eigenvalue weighted by molar-refractivity contribution is 0.913. The third kappa shape index (κ3) is 1.75. The van der Waals surface area contributed by atoms with Gasteiger partial charge in [0.1, 0.15) is 4.34 Å². The molecule has 1 nitrogen and oxygen atoms in total. The summed E-state index contributed by atoms with van der Waals surface area (Å²) in [4.78, 5) is 1.35. The van der Waals surface area contributed by atoms with Crippen LogP contribution in [0.5, 0.6) is 0 Å². The van der Waals surface area contributed by atoms with Gasteiger partial charge in [-0.1, -0.05) is 31.9 Å². The lowest BCUT2D eigenvalue weighted by atomic mass is 10.1. The minimum absolute atomic E-state index is 0.760. The molecule has 1 aromatic rings. The second-order valence-corrected chi connectivity index (χ2v) is 4.50. The fourth-order valence-corrected chi connectivity index (χ4v) is 2.63. The molecule has 0 saturated carbocycles. The quantitative estimate of drug-likeness (QED) is 0.800. The number of aryl methyl sites for hydroxylation is 1. The molecule has 0 spiro atoms. The van der Waals surface area contributed by atoms with Gasteiger partial charge in [-0.25, -0.2) is 0 Å². The molecule has 1 heterocycles. The Kier molecular flexibility index (Phi) is 3.41. The molecule has 12 heavy (non-hydrogen) atoms. The van der Waals surface area contributed by atoms with Crippen LogP contribution in [-0.4, -0.2) is 0 Å². The molecule has 0 bridgehead atoms. The van der Waals surface area contributed by atoms with Crippen LogP contribution in [0.4, 0.5) is 5.69 Å². The number of rotatable bonds is 3. The smallest absolute Gasteiger partial charge is 0.116 e. The first-order valence-corrected chi connectivity index (χ1v) is 5.45. The van der Waals surface area contributed by atoms with Gasteiger partial charge in [-0.05, 0) is 18.4 Å². The summed E-state index contributed by atoms with van der Waals surface area (Å²) in [5.74, 6) is 0. The third-order valence-corrected chi connectivity index (χ3v) is 3.52. The van der Waals surface area contributed by atoms with E-state index in [1.165, 1.54) is 10.4 Å². The molecule has 0 amide bonds. The van der Waals surface area contributed by atoms with Crippen LogP contribution in [-0.2, 0) is 12.8 Å². The average Bonchev–Trinajstić information content (AvgIpc) is 2.33. The van der Waals surface area contributed by atoms with Crippen molar-refractivity contribution in [1.82, 2.24) is 0 Å². The zero-order valence-corrected chi connectivity index (χ0v) is 9.06. The summed E-state index contributed by atoms with van der Waals surface area (Å²) in [6, 6.07) is 0. The van der Waals surface area contributed by atoms with Gasteiger partial charge in [0.25, 0.3) is 0 Å². The van der Waals surface area contributed by atoms with Crippen LogP contribution in [0.2, 0.25) is 4.34 Å². The molecular weight excluding hydrogens is 190 g/mol. The lowest BCUT2D eigenvalue weighted by Gasteiger charge is -1.99. The second kappa shape index (κ2) is 4.15. The molecule has 0 aromatic carbocycles. The molecule has 0 aliphatic heterocycles. The summed E-state index contributed by atoms with van der Waals surface area (Å²) < 4.78 is 0.760. The standard InChI is InChI=1S/C9H14ClNS/c1-3-5-6-7(4-2)12-9(10)8(6)11/h3-5,11H2,1-2H3. The van der Waals surface area contributed by atoms with Crippen molar-refractivity contribution in [2.24, 2.45) is 0 Å². The molecule has 2 N–H and O–H groups in total. The van der Waals surface area contributed by atoms with Gasteiger partial charge in [-0.3, -0.25) is 0 Å².